The second-order valence-corrected chi connectivity index (χ2v) is 10.9. The Bertz CT molecular complexity index is 1250. The third-order valence-corrected chi connectivity index (χ3v) is 6.92. The molecule has 0 saturated carbocycles. The van der Waals surface area contributed by atoms with E-state index in [1.54, 1.807) is 67.5 Å². The van der Waals surface area contributed by atoms with Gasteiger partial charge < -0.3 is 20.7 Å². The van der Waals surface area contributed by atoms with Crippen LogP contribution in [-0.4, -0.2) is 52.5 Å². The number of thiophene rings is 1. The molecule has 0 radical (unpaired) electrons. The molecule has 9 nitrogen and oxygen atoms in total. The first-order valence-electron chi connectivity index (χ1n) is 11.9. The quantitative estimate of drug-likeness (QED) is 0.520. The van der Waals surface area contributed by atoms with E-state index in [0.717, 1.165) is 15.0 Å². The van der Waals surface area contributed by atoms with E-state index in [1.165, 1.54) is 4.90 Å². The third-order valence-electron chi connectivity index (χ3n) is 5.82. The average molecular weight is 510 g/mol. The van der Waals surface area contributed by atoms with E-state index in [9.17, 15) is 14.4 Å². The van der Waals surface area contributed by atoms with Crippen LogP contribution in [0.4, 0.5) is 16.3 Å². The van der Waals surface area contributed by atoms with Gasteiger partial charge in [-0.15, -0.1) is 11.3 Å². The SMILES string of the molecule is CC(C)(C)OC(=O)N(CC(=O)N1CCCC1C(=O)NCc1cc2c(N)nccc2s1)c1ccccc1. The number of nitrogens with two attached hydrogens (primary N) is 1. The lowest BCUT2D eigenvalue weighted by molar-refractivity contribution is -0.137. The van der Waals surface area contributed by atoms with Crippen LogP contribution in [0.1, 0.15) is 38.5 Å². The van der Waals surface area contributed by atoms with Gasteiger partial charge in [0.05, 0.1) is 6.54 Å². The summed E-state index contributed by atoms with van der Waals surface area (Å²) in [6.45, 7) is 5.91. The number of aromatic nitrogens is 1. The lowest BCUT2D eigenvalue weighted by Crippen LogP contribution is -2.50. The summed E-state index contributed by atoms with van der Waals surface area (Å²) in [5.74, 6) is -0.0575. The Hall–Kier alpha value is -3.66. The molecular formula is C26H31N5O4S. The van der Waals surface area contributed by atoms with Gasteiger partial charge in [-0.1, -0.05) is 18.2 Å². The number of nitrogens with one attached hydrogen (secondary N) is 1. The predicted octanol–water partition coefficient (Wildman–Crippen LogP) is 3.93. The van der Waals surface area contributed by atoms with Crippen LogP contribution >= 0.6 is 11.3 Å². The normalized spacial score (nSPS) is 15.6. The molecule has 0 bridgehead atoms. The highest BCUT2D eigenvalue weighted by Gasteiger charge is 2.36. The van der Waals surface area contributed by atoms with Crippen molar-refractivity contribution in [2.75, 3.05) is 23.7 Å². The van der Waals surface area contributed by atoms with Crippen molar-refractivity contribution in [1.29, 1.82) is 0 Å². The molecule has 190 valence electrons. The maximum absolute atomic E-state index is 13.3. The van der Waals surface area contributed by atoms with Crippen LogP contribution in [0.5, 0.6) is 0 Å². The van der Waals surface area contributed by atoms with Gasteiger partial charge in [0.15, 0.2) is 0 Å². The zero-order chi connectivity index (χ0) is 25.9. The molecule has 1 fully saturated rings. The van der Waals surface area contributed by atoms with Crippen molar-refractivity contribution in [3.63, 3.8) is 0 Å². The van der Waals surface area contributed by atoms with Gasteiger partial charge in [0.25, 0.3) is 0 Å². The summed E-state index contributed by atoms with van der Waals surface area (Å²) in [6, 6.07) is 12.1. The number of hydrogen-bond acceptors (Lipinski definition) is 7. The largest absolute Gasteiger partial charge is 0.443 e. The Morgan fingerprint density at radius 3 is 2.67 bits per heavy atom. The van der Waals surface area contributed by atoms with Gasteiger partial charge in [-0.3, -0.25) is 14.5 Å². The lowest BCUT2D eigenvalue weighted by Gasteiger charge is -2.30. The average Bonchev–Trinajstić information content (AvgIpc) is 3.48. The van der Waals surface area contributed by atoms with Crippen LogP contribution in [0, 0.1) is 0 Å². The lowest BCUT2D eigenvalue weighted by atomic mass is 10.2. The molecule has 1 aromatic carbocycles. The molecular weight excluding hydrogens is 478 g/mol. The minimum atomic E-state index is -0.712. The summed E-state index contributed by atoms with van der Waals surface area (Å²) in [5, 5.41) is 3.82. The number of hydrogen-bond donors (Lipinski definition) is 2. The molecule has 1 aliphatic rings. The number of anilines is 2. The number of carbonyl (C=O) groups is 3. The zero-order valence-corrected chi connectivity index (χ0v) is 21.5. The number of likely N-dealkylation sites (tertiary alicyclic amines) is 1. The van der Waals surface area contributed by atoms with Gasteiger partial charge in [-0.2, -0.15) is 0 Å². The highest BCUT2D eigenvalue weighted by atomic mass is 32.1. The number of fused-ring (bicyclic) bond motifs is 1. The Balaban J connectivity index is 1.43. The van der Waals surface area contributed by atoms with Crippen LogP contribution in [0.15, 0.2) is 48.7 Å². The summed E-state index contributed by atoms with van der Waals surface area (Å²) in [5.41, 5.74) is 5.78. The van der Waals surface area contributed by atoms with Crippen LogP contribution in [0.2, 0.25) is 0 Å². The molecule has 3 amide bonds. The fourth-order valence-electron chi connectivity index (χ4n) is 4.17. The van der Waals surface area contributed by atoms with Crippen molar-refractivity contribution in [1.82, 2.24) is 15.2 Å². The summed E-state index contributed by atoms with van der Waals surface area (Å²) >= 11 is 1.54. The molecule has 0 aliphatic carbocycles. The van der Waals surface area contributed by atoms with E-state index in [-0.39, 0.29) is 18.4 Å². The number of nitrogens with zero attached hydrogens (tertiary/aromatic N) is 3. The Morgan fingerprint density at radius 2 is 1.97 bits per heavy atom. The first-order valence-corrected chi connectivity index (χ1v) is 12.7. The highest BCUT2D eigenvalue weighted by Crippen LogP contribution is 2.28. The first kappa shape index (κ1) is 25.4. The van der Waals surface area contributed by atoms with Crippen LogP contribution in [0.3, 0.4) is 0 Å². The monoisotopic (exact) mass is 509 g/mol. The van der Waals surface area contributed by atoms with Crippen molar-refractivity contribution in [3.8, 4) is 0 Å². The molecule has 1 aliphatic heterocycles. The fraction of sp³-hybridized carbons (Fsp3) is 0.385. The standard InChI is InChI=1S/C26H31N5O4S/c1-26(2,3)35-25(34)31(17-8-5-4-6-9-17)16-22(32)30-13-7-10-20(30)24(33)29-15-18-14-19-21(36-18)11-12-28-23(19)27/h4-6,8-9,11-12,14,20H,7,10,13,15-16H2,1-3H3,(H2,27,28)(H,29,33). The van der Waals surface area contributed by atoms with Crippen LogP contribution in [-0.2, 0) is 20.9 Å². The van der Waals surface area contributed by atoms with E-state index in [4.69, 9.17) is 10.5 Å². The van der Waals surface area contributed by atoms with E-state index < -0.39 is 17.7 Å². The van der Waals surface area contributed by atoms with Crippen molar-refractivity contribution in [2.24, 2.45) is 0 Å². The van der Waals surface area contributed by atoms with Gasteiger partial charge in [0, 0.05) is 33.4 Å². The number of rotatable bonds is 6. The first-order chi connectivity index (χ1) is 17.1. The molecule has 4 rings (SSSR count). The summed E-state index contributed by atoms with van der Waals surface area (Å²) in [7, 11) is 0. The molecule has 0 spiro atoms. The number of carbonyl (C=O) groups excluding carboxylic acids is 3. The molecule has 1 saturated heterocycles. The molecule has 3 aromatic rings. The number of benzene rings is 1. The minimum Gasteiger partial charge on any atom is -0.443 e. The molecule has 1 atom stereocenters. The Labute approximate surface area is 214 Å². The number of amides is 3. The highest BCUT2D eigenvalue weighted by molar-refractivity contribution is 7.19. The van der Waals surface area contributed by atoms with Gasteiger partial charge in [0.1, 0.15) is 24.0 Å². The third kappa shape index (κ3) is 5.93. The molecule has 36 heavy (non-hydrogen) atoms. The van der Waals surface area contributed by atoms with E-state index in [1.807, 2.05) is 18.2 Å². The second-order valence-electron chi connectivity index (χ2n) is 9.69. The van der Waals surface area contributed by atoms with Crippen molar-refractivity contribution < 1.29 is 19.1 Å². The topological polar surface area (TPSA) is 118 Å². The predicted molar refractivity (Wildman–Crippen MR) is 141 cm³/mol. The maximum Gasteiger partial charge on any atom is 0.415 e. The summed E-state index contributed by atoms with van der Waals surface area (Å²) in [6.07, 6.45) is 2.33. The van der Waals surface area contributed by atoms with Crippen molar-refractivity contribution >= 4 is 50.8 Å². The summed E-state index contributed by atoms with van der Waals surface area (Å²) in [4.78, 5) is 47.2. The van der Waals surface area contributed by atoms with Gasteiger partial charge >= 0.3 is 6.09 Å². The minimum absolute atomic E-state index is 0.215. The number of pyridine rings is 1. The Kier molecular flexibility index (Phi) is 7.44. The molecule has 3 N–H and O–H groups in total. The van der Waals surface area contributed by atoms with Crippen LogP contribution in [0.25, 0.3) is 10.1 Å². The molecule has 2 aromatic heterocycles. The Morgan fingerprint density at radius 1 is 1.22 bits per heavy atom. The molecule has 10 heteroatoms. The fourth-order valence-corrected chi connectivity index (χ4v) is 5.17. The van der Waals surface area contributed by atoms with E-state index >= 15 is 0 Å². The molecule has 1 unspecified atom stereocenters. The number of ether oxygens (including phenoxy) is 1. The maximum atomic E-state index is 13.3. The van der Waals surface area contributed by atoms with Gasteiger partial charge in [-0.05, 0) is 57.9 Å². The smallest absolute Gasteiger partial charge is 0.415 e. The van der Waals surface area contributed by atoms with Crippen molar-refractivity contribution in [2.45, 2.75) is 51.8 Å². The van der Waals surface area contributed by atoms with Crippen LogP contribution < -0.4 is 16.0 Å². The van der Waals surface area contributed by atoms with Gasteiger partial charge in [-0.25, -0.2) is 9.78 Å². The number of nitrogen functional groups attached to an aromatic ring is 1. The second kappa shape index (κ2) is 10.5. The molecule has 3 heterocycles. The van der Waals surface area contributed by atoms with Gasteiger partial charge in [0.2, 0.25) is 11.8 Å². The van der Waals surface area contributed by atoms with E-state index in [2.05, 4.69) is 10.3 Å². The van der Waals surface area contributed by atoms with E-state index in [0.29, 0.717) is 37.4 Å². The number of para-hydroxylation sites is 1. The summed E-state index contributed by atoms with van der Waals surface area (Å²) < 4.78 is 6.54. The zero-order valence-electron chi connectivity index (χ0n) is 20.7. The van der Waals surface area contributed by atoms with Crippen molar-refractivity contribution in [3.05, 3.63) is 53.5 Å².